The molecule has 20 heteroatoms. The van der Waals surface area contributed by atoms with Gasteiger partial charge in [0.05, 0.1) is 82.8 Å². The highest BCUT2D eigenvalue weighted by molar-refractivity contribution is 6.12. The molecule has 2 aliphatic heterocycles. The van der Waals surface area contributed by atoms with E-state index in [2.05, 4.69) is 16.0 Å². The molecule has 4 N–H and O–H groups in total. The Hall–Kier alpha value is -5.28. The first-order chi connectivity index (χ1) is 34.3. The number of ether oxygens (including phenoxy) is 5. The Kier molecular flexibility index (Phi) is 24.2. The fourth-order valence-corrected chi connectivity index (χ4v) is 9.80. The molecule has 4 rings (SSSR count). The summed E-state index contributed by atoms with van der Waals surface area (Å²) in [5.41, 5.74) is -0.632. The van der Waals surface area contributed by atoms with E-state index in [0.717, 1.165) is 42.6 Å². The predicted molar refractivity (Wildman–Crippen MR) is 265 cm³/mol. The van der Waals surface area contributed by atoms with Crippen molar-refractivity contribution < 1.29 is 67.1 Å². The Morgan fingerprint density at radius 2 is 1.42 bits per heavy atom. The zero-order valence-corrected chi connectivity index (χ0v) is 43.6. The van der Waals surface area contributed by atoms with Gasteiger partial charge in [0, 0.05) is 52.8 Å². The van der Waals surface area contributed by atoms with Crippen LogP contribution in [0, 0.1) is 17.8 Å². The number of amides is 7. The number of imide groups is 1. The number of carboxylic acids is 1. The summed E-state index contributed by atoms with van der Waals surface area (Å²) < 4.78 is 28.5. The van der Waals surface area contributed by atoms with Crippen LogP contribution in [0.4, 0.5) is 0 Å². The first-order valence-corrected chi connectivity index (χ1v) is 25.4. The summed E-state index contributed by atoms with van der Waals surface area (Å²) in [6.45, 7) is 10.3. The van der Waals surface area contributed by atoms with Crippen LogP contribution in [0.3, 0.4) is 0 Å². The number of carbonyl (C=O) groups is 8. The quantitative estimate of drug-likeness (QED) is 0.0617. The van der Waals surface area contributed by atoms with Crippen LogP contribution in [-0.2, 0) is 68.5 Å². The largest absolute Gasteiger partial charge is 0.480 e. The molecular formula is C52H80N6O14. The summed E-state index contributed by atoms with van der Waals surface area (Å²) in [7, 11) is 4.70. The van der Waals surface area contributed by atoms with E-state index in [-0.39, 0.29) is 101 Å². The minimum absolute atomic E-state index is 0.00561. The molecule has 0 unspecified atom stereocenters. The standard InChI is InChI=1S/C52H80N6O14/c1-34(2)45(54-51(67)52(4,5)55-41(59)23-26-70-28-30-72-31-29-71-27-25-58-42(60)21-22-43(58)61)49(64)56(6)46(37-18-13-10-14-19-37)40(68-7)33-44(62)57-24-15-20-39(57)47(69-8)35(3)48(63)53-38(50(65)66)32-36-16-11-9-12-17-36/h9,11-12,16-17,21-22,34-35,37-40,45-47H,10,13-15,18-20,23-33H2,1-8H3,(H,53,63)(H,54,67)(H,55,59)(H,65,66)/t35-,38+,39+,40-,45+,46+,47-/m1/s1. The van der Waals surface area contributed by atoms with Gasteiger partial charge in [-0.25, -0.2) is 4.79 Å². The molecule has 0 spiro atoms. The van der Waals surface area contributed by atoms with Crippen molar-refractivity contribution in [2.75, 3.05) is 74.0 Å². The van der Waals surface area contributed by atoms with Crippen molar-refractivity contribution in [1.29, 1.82) is 0 Å². The number of nitrogens with one attached hydrogen (secondary N) is 3. The van der Waals surface area contributed by atoms with Gasteiger partial charge in [-0.1, -0.05) is 70.4 Å². The van der Waals surface area contributed by atoms with Crippen molar-refractivity contribution in [3.8, 4) is 0 Å². The number of nitrogens with zero attached hydrogens (tertiary/aromatic N) is 3. The minimum atomic E-state index is -1.40. The van der Waals surface area contributed by atoms with Gasteiger partial charge in [-0.2, -0.15) is 0 Å². The van der Waals surface area contributed by atoms with E-state index >= 15 is 0 Å². The van der Waals surface area contributed by atoms with E-state index in [1.54, 1.807) is 61.9 Å². The van der Waals surface area contributed by atoms with Gasteiger partial charge in [-0.05, 0) is 56.9 Å². The lowest BCUT2D eigenvalue weighted by molar-refractivity contribution is -0.149. The number of carbonyl (C=O) groups excluding carboxylic acids is 7. The maximum atomic E-state index is 14.7. The van der Waals surface area contributed by atoms with Crippen LogP contribution >= 0.6 is 0 Å². The number of likely N-dealkylation sites (tertiary alicyclic amines) is 1. The molecule has 402 valence electrons. The Balaban J connectivity index is 1.32. The average Bonchev–Trinajstić information content (AvgIpc) is 3.97. The van der Waals surface area contributed by atoms with Crippen LogP contribution in [0.15, 0.2) is 42.5 Å². The predicted octanol–water partition coefficient (Wildman–Crippen LogP) is 2.65. The van der Waals surface area contributed by atoms with E-state index in [4.69, 9.17) is 23.7 Å². The summed E-state index contributed by atoms with van der Waals surface area (Å²) in [5.74, 6) is -5.08. The SMILES string of the molecule is CO[C@H]([C@@H](C)C(=O)N[C@@H](Cc1ccccc1)C(=O)O)[C@@H]1CCCN1C(=O)C[C@@H](OC)[C@H](C1CCCCC1)N(C)C(=O)[C@@H](NC(=O)C(C)(C)NC(=O)CCOCCOCCOCCN1C(=O)C=CC1=O)C(C)C. The number of hydrogen-bond acceptors (Lipinski definition) is 13. The Morgan fingerprint density at radius 1 is 0.806 bits per heavy atom. The molecular weight excluding hydrogens is 933 g/mol. The highest BCUT2D eigenvalue weighted by Crippen LogP contribution is 2.34. The zero-order valence-electron chi connectivity index (χ0n) is 43.6. The van der Waals surface area contributed by atoms with Gasteiger partial charge in [0.2, 0.25) is 29.5 Å². The molecule has 0 aromatic heterocycles. The topological polar surface area (TPSA) is 249 Å². The highest BCUT2D eigenvalue weighted by Gasteiger charge is 2.45. The fourth-order valence-electron chi connectivity index (χ4n) is 9.80. The third kappa shape index (κ3) is 17.4. The maximum Gasteiger partial charge on any atom is 0.326 e. The molecule has 0 radical (unpaired) electrons. The van der Waals surface area contributed by atoms with Crippen LogP contribution in [0.5, 0.6) is 0 Å². The second-order valence-electron chi connectivity index (χ2n) is 19.8. The number of rotatable bonds is 31. The first-order valence-electron chi connectivity index (χ1n) is 25.4. The number of benzene rings is 1. The molecule has 7 amide bonds. The van der Waals surface area contributed by atoms with Crippen LogP contribution < -0.4 is 16.0 Å². The van der Waals surface area contributed by atoms with Gasteiger partial charge in [-0.15, -0.1) is 0 Å². The summed E-state index contributed by atoms with van der Waals surface area (Å²) in [6.07, 6.45) is 6.83. The summed E-state index contributed by atoms with van der Waals surface area (Å²) in [5, 5.41) is 18.3. The molecule has 2 heterocycles. The molecule has 1 aliphatic carbocycles. The Bertz CT molecular complexity index is 1980. The normalized spacial score (nSPS) is 18.9. The second-order valence-corrected chi connectivity index (χ2v) is 19.8. The van der Waals surface area contributed by atoms with Crippen molar-refractivity contribution in [2.45, 2.75) is 141 Å². The fraction of sp³-hybridized carbons (Fsp3) is 0.692. The molecule has 2 fully saturated rings. The van der Waals surface area contributed by atoms with Crippen LogP contribution in [0.2, 0.25) is 0 Å². The van der Waals surface area contributed by atoms with Gasteiger partial charge in [0.15, 0.2) is 0 Å². The molecule has 1 saturated heterocycles. The lowest BCUT2D eigenvalue weighted by atomic mass is 9.80. The van der Waals surface area contributed by atoms with E-state index in [0.29, 0.717) is 19.4 Å². The lowest BCUT2D eigenvalue weighted by Crippen LogP contribution is -2.62. The maximum absolute atomic E-state index is 14.7. The molecule has 7 atom stereocenters. The Labute approximate surface area is 424 Å². The van der Waals surface area contributed by atoms with Crippen molar-refractivity contribution in [3.63, 3.8) is 0 Å². The van der Waals surface area contributed by atoms with Crippen molar-refractivity contribution in [3.05, 3.63) is 48.0 Å². The smallest absolute Gasteiger partial charge is 0.326 e. The van der Waals surface area contributed by atoms with Crippen LogP contribution in [-0.4, -0.2) is 183 Å². The lowest BCUT2D eigenvalue weighted by Gasteiger charge is -2.43. The zero-order chi connectivity index (χ0) is 53.0. The third-order valence-corrected chi connectivity index (χ3v) is 13.9. The van der Waals surface area contributed by atoms with Gasteiger partial charge in [0.1, 0.15) is 17.6 Å². The molecule has 1 aromatic rings. The molecule has 3 aliphatic rings. The van der Waals surface area contributed by atoms with Gasteiger partial charge in [0.25, 0.3) is 11.8 Å². The van der Waals surface area contributed by atoms with Gasteiger partial charge >= 0.3 is 5.97 Å². The molecule has 72 heavy (non-hydrogen) atoms. The van der Waals surface area contributed by atoms with Crippen molar-refractivity contribution in [2.24, 2.45) is 17.8 Å². The molecule has 20 nitrogen and oxygen atoms in total. The number of likely N-dealkylation sites (N-methyl/N-ethyl adjacent to an activating group) is 1. The second kappa shape index (κ2) is 29.4. The monoisotopic (exact) mass is 1010 g/mol. The molecule has 0 bridgehead atoms. The Morgan fingerprint density at radius 3 is 2.00 bits per heavy atom. The number of carboxylic acid groups (broad SMARTS) is 1. The van der Waals surface area contributed by atoms with Gasteiger partial charge < -0.3 is 54.5 Å². The molecule has 1 aromatic carbocycles. The number of aliphatic carboxylic acids is 1. The average molecular weight is 1010 g/mol. The van der Waals surface area contributed by atoms with Crippen LogP contribution in [0.25, 0.3) is 0 Å². The van der Waals surface area contributed by atoms with Crippen LogP contribution in [0.1, 0.15) is 98.0 Å². The van der Waals surface area contributed by atoms with E-state index in [1.807, 2.05) is 19.9 Å². The highest BCUT2D eigenvalue weighted by atomic mass is 16.5. The van der Waals surface area contributed by atoms with E-state index < -0.39 is 71.5 Å². The van der Waals surface area contributed by atoms with E-state index in [9.17, 15) is 43.5 Å². The molecule has 1 saturated carbocycles. The van der Waals surface area contributed by atoms with Crippen molar-refractivity contribution >= 4 is 47.3 Å². The first kappa shape index (κ1) is 59.3. The summed E-state index contributed by atoms with van der Waals surface area (Å²) in [4.78, 5) is 109. The van der Waals surface area contributed by atoms with E-state index in [1.165, 1.54) is 26.4 Å². The van der Waals surface area contributed by atoms with Gasteiger partial charge in [-0.3, -0.25) is 38.5 Å². The third-order valence-electron chi connectivity index (χ3n) is 13.9. The minimum Gasteiger partial charge on any atom is -0.480 e. The number of methoxy groups -OCH3 is 2. The number of hydrogen-bond donors (Lipinski definition) is 4. The summed E-state index contributed by atoms with van der Waals surface area (Å²) >= 11 is 0. The van der Waals surface area contributed by atoms with Crippen molar-refractivity contribution in [1.82, 2.24) is 30.7 Å². The summed E-state index contributed by atoms with van der Waals surface area (Å²) in [6, 6.07) is 5.91.